The predicted octanol–water partition coefficient (Wildman–Crippen LogP) is 5.89. The zero-order chi connectivity index (χ0) is 21.8. The number of nitriles is 1. The van der Waals surface area contributed by atoms with Crippen LogP contribution in [0.3, 0.4) is 0 Å². The first-order chi connectivity index (χ1) is 14.3. The lowest BCUT2D eigenvalue weighted by atomic mass is 9.81. The number of hydrogen-bond donors (Lipinski definition) is 1. The molecule has 0 fully saturated rings. The van der Waals surface area contributed by atoms with Crippen LogP contribution >= 0.6 is 35.0 Å². The number of hydrogen-bond acceptors (Lipinski definition) is 5. The molecule has 0 radical (unpaired) electrons. The van der Waals surface area contributed by atoms with Gasteiger partial charge in [-0.15, -0.1) is 0 Å². The van der Waals surface area contributed by atoms with Crippen molar-refractivity contribution in [3.05, 3.63) is 91.6 Å². The summed E-state index contributed by atoms with van der Waals surface area (Å²) in [5.74, 6) is -0.721. The fourth-order valence-corrected chi connectivity index (χ4v) is 4.77. The number of carbonyl (C=O) groups is 2. The summed E-state index contributed by atoms with van der Waals surface area (Å²) < 4.78 is 0. The molecule has 1 aliphatic heterocycles. The normalized spacial score (nSPS) is 16.2. The predicted molar refractivity (Wildman–Crippen MR) is 122 cm³/mol. The van der Waals surface area contributed by atoms with Crippen molar-refractivity contribution in [2.45, 2.75) is 19.8 Å². The first kappa shape index (κ1) is 22.2. The van der Waals surface area contributed by atoms with Crippen molar-refractivity contribution < 1.29 is 9.59 Å². The Kier molecular flexibility index (Phi) is 7.04. The molecule has 1 atom stereocenters. The van der Waals surface area contributed by atoms with Crippen LogP contribution in [0.15, 0.2) is 70.4 Å². The van der Waals surface area contributed by atoms with Gasteiger partial charge in [-0.05, 0) is 37.6 Å². The maximum Gasteiger partial charge on any atom is 0.174 e. The molecule has 152 valence electrons. The molecule has 1 N–H and O–H groups in total. The Hall–Kier alpha value is -2.52. The van der Waals surface area contributed by atoms with E-state index in [0.717, 1.165) is 5.56 Å². The number of allylic oxidation sites excluding steroid dienone is 3. The molecule has 3 rings (SSSR count). The third-order valence-corrected chi connectivity index (χ3v) is 6.32. The van der Waals surface area contributed by atoms with Gasteiger partial charge in [-0.3, -0.25) is 9.59 Å². The second-order valence-corrected chi connectivity index (χ2v) is 8.58. The molecule has 0 saturated heterocycles. The molecule has 2 aromatic rings. The van der Waals surface area contributed by atoms with Gasteiger partial charge in [0.1, 0.15) is 0 Å². The number of dihydropyridines is 1. The van der Waals surface area contributed by atoms with Gasteiger partial charge in [-0.1, -0.05) is 65.3 Å². The van der Waals surface area contributed by atoms with E-state index in [1.54, 1.807) is 19.1 Å². The first-order valence-corrected chi connectivity index (χ1v) is 10.9. The summed E-state index contributed by atoms with van der Waals surface area (Å²) in [5, 5.41) is 14.4. The number of halogens is 2. The van der Waals surface area contributed by atoms with Crippen LogP contribution in [0.4, 0.5) is 0 Å². The highest BCUT2D eigenvalue weighted by atomic mass is 35.5. The zero-order valence-corrected chi connectivity index (χ0v) is 18.7. The molecule has 1 aliphatic rings. The van der Waals surface area contributed by atoms with E-state index in [1.165, 1.54) is 24.8 Å². The van der Waals surface area contributed by atoms with Crippen LogP contribution in [0.5, 0.6) is 0 Å². The summed E-state index contributed by atoms with van der Waals surface area (Å²) in [6.07, 6.45) is 0. The van der Waals surface area contributed by atoms with Crippen LogP contribution in [0.1, 0.15) is 35.7 Å². The highest BCUT2D eigenvalue weighted by Gasteiger charge is 2.33. The summed E-state index contributed by atoms with van der Waals surface area (Å²) in [5.41, 5.74) is 2.81. The Balaban J connectivity index is 1.95. The molecule has 30 heavy (non-hydrogen) atoms. The van der Waals surface area contributed by atoms with Crippen molar-refractivity contribution in [3.63, 3.8) is 0 Å². The van der Waals surface area contributed by atoms with Crippen LogP contribution < -0.4 is 5.32 Å². The molecule has 0 saturated carbocycles. The Bertz CT molecular complexity index is 1120. The van der Waals surface area contributed by atoms with E-state index in [2.05, 4.69) is 11.4 Å². The van der Waals surface area contributed by atoms with Gasteiger partial charge in [-0.2, -0.15) is 5.26 Å². The fourth-order valence-electron chi connectivity index (χ4n) is 3.40. The van der Waals surface area contributed by atoms with Gasteiger partial charge in [-0.25, -0.2) is 0 Å². The number of Topliss-reactive ketones (excluding diaryl/α,β-unsaturated/α-hetero) is 2. The fraction of sp³-hybridized carbons (Fsp3) is 0.174. The highest BCUT2D eigenvalue weighted by molar-refractivity contribution is 8.03. The molecule has 0 bridgehead atoms. The lowest BCUT2D eigenvalue weighted by molar-refractivity contribution is -0.113. The molecule has 0 amide bonds. The SMILES string of the molecule is CC(=O)C1=C(C)NC(SCC(=O)c2cc(Cl)ccc2Cl)=C(C#N)C1c1ccccc1. The third kappa shape index (κ3) is 4.62. The van der Waals surface area contributed by atoms with Crippen molar-refractivity contribution in [2.24, 2.45) is 0 Å². The van der Waals surface area contributed by atoms with Crippen molar-refractivity contribution in [2.75, 3.05) is 5.75 Å². The van der Waals surface area contributed by atoms with Crippen LogP contribution in [-0.4, -0.2) is 17.3 Å². The molecule has 7 heteroatoms. The average molecular weight is 457 g/mol. The minimum absolute atomic E-state index is 0.0672. The van der Waals surface area contributed by atoms with Gasteiger partial charge >= 0.3 is 0 Å². The maximum absolute atomic E-state index is 12.7. The van der Waals surface area contributed by atoms with Crippen LogP contribution in [0, 0.1) is 11.3 Å². The number of benzene rings is 2. The van der Waals surface area contributed by atoms with Crippen LogP contribution in [0.2, 0.25) is 10.0 Å². The molecule has 1 unspecified atom stereocenters. The van der Waals surface area contributed by atoms with Crippen LogP contribution in [0.25, 0.3) is 0 Å². The van der Waals surface area contributed by atoms with E-state index >= 15 is 0 Å². The minimum atomic E-state index is -0.484. The van der Waals surface area contributed by atoms with Crippen molar-refractivity contribution in [1.82, 2.24) is 5.32 Å². The number of carbonyl (C=O) groups excluding carboxylic acids is 2. The van der Waals surface area contributed by atoms with E-state index in [1.807, 2.05) is 30.3 Å². The third-order valence-electron chi connectivity index (χ3n) is 4.74. The molecule has 0 aromatic heterocycles. The van der Waals surface area contributed by atoms with E-state index in [9.17, 15) is 14.9 Å². The molecule has 2 aromatic carbocycles. The lowest BCUT2D eigenvalue weighted by Gasteiger charge is -2.29. The number of rotatable bonds is 6. The molecular weight excluding hydrogens is 439 g/mol. The number of nitrogens with one attached hydrogen (secondary N) is 1. The smallest absolute Gasteiger partial charge is 0.174 e. The van der Waals surface area contributed by atoms with Crippen molar-refractivity contribution in [3.8, 4) is 6.07 Å². The monoisotopic (exact) mass is 456 g/mol. The van der Waals surface area contributed by atoms with Gasteiger partial charge in [0.25, 0.3) is 0 Å². The van der Waals surface area contributed by atoms with E-state index in [4.69, 9.17) is 23.2 Å². The van der Waals surface area contributed by atoms with Crippen molar-refractivity contribution >= 4 is 46.5 Å². The van der Waals surface area contributed by atoms with Gasteiger partial charge in [0.2, 0.25) is 0 Å². The number of ketones is 2. The Morgan fingerprint density at radius 3 is 2.50 bits per heavy atom. The second kappa shape index (κ2) is 9.53. The summed E-state index contributed by atoms with van der Waals surface area (Å²) >= 11 is 13.3. The quantitative estimate of drug-likeness (QED) is 0.548. The maximum atomic E-state index is 12.7. The van der Waals surface area contributed by atoms with Gasteiger partial charge in [0.05, 0.1) is 33.4 Å². The zero-order valence-electron chi connectivity index (χ0n) is 16.3. The van der Waals surface area contributed by atoms with Crippen molar-refractivity contribution in [1.29, 1.82) is 5.26 Å². The molecule has 0 spiro atoms. The summed E-state index contributed by atoms with van der Waals surface area (Å²) in [7, 11) is 0. The topological polar surface area (TPSA) is 70.0 Å². The van der Waals surface area contributed by atoms with E-state index in [-0.39, 0.29) is 17.3 Å². The second-order valence-electron chi connectivity index (χ2n) is 6.75. The standard InChI is InChI=1S/C23H18Cl2N2O2S/c1-13-21(14(2)28)22(15-6-4-3-5-7-15)18(11-26)23(27-13)30-12-20(29)17-10-16(24)8-9-19(17)25/h3-10,22,27H,12H2,1-2H3. The number of nitrogens with zero attached hydrogens (tertiary/aromatic N) is 1. The number of thioether (sulfide) groups is 1. The summed E-state index contributed by atoms with van der Waals surface area (Å²) in [6, 6.07) is 16.4. The summed E-state index contributed by atoms with van der Waals surface area (Å²) in [6.45, 7) is 3.30. The Labute approximate surface area is 189 Å². The summed E-state index contributed by atoms with van der Waals surface area (Å²) in [4.78, 5) is 25.1. The molecule has 4 nitrogen and oxygen atoms in total. The minimum Gasteiger partial charge on any atom is -0.353 e. The largest absolute Gasteiger partial charge is 0.353 e. The van der Waals surface area contributed by atoms with E-state index in [0.29, 0.717) is 37.5 Å². The van der Waals surface area contributed by atoms with Gasteiger partial charge in [0.15, 0.2) is 11.6 Å². The van der Waals surface area contributed by atoms with E-state index < -0.39 is 5.92 Å². The highest BCUT2D eigenvalue weighted by Crippen LogP contribution is 2.40. The van der Waals surface area contributed by atoms with Gasteiger partial charge in [0, 0.05) is 21.9 Å². The molecular formula is C23H18Cl2N2O2S. The Morgan fingerprint density at radius 1 is 1.17 bits per heavy atom. The Morgan fingerprint density at radius 2 is 1.87 bits per heavy atom. The average Bonchev–Trinajstić information content (AvgIpc) is 2.73. The first-order valence-electron chi connectivity index (χ1n) is 9.12. The molecule has 1 heterocycles. The molecule has 0 aliphatic carbocycles. The van der Waals surface area contributed by atoms with Crippen LogP contribution in [-0.2, 0) is 4.79 Å². The van der Waals surface area contributed by atoms with Gasteiger partial charge < -0.3 is 5.32 Å². The lowest BCUT2D eigenvalue weighted by Crippen LogP contribution is -2.27.